The van der Waals surface area contributed by atoms with Crippen molar-refractivity contribution in [1.29, 1.82) is 0 Å². The Labute approximate surface area is 132 Å². The molecule has 4 heteroatoms. The van der Waals surface area contributed by atoms with E-state index >= 15 is 0 Å². The van der Waals surface area contributed by atoms with Crippen LogP contribution < -0.4 is 0 Å². The lowest BCUT2D eigenvalue weighted by molar-refractivity contribution is 0.282. The van der Waals surface area contributed by atoms with E-state index < -0.39 is 9.84 Å². The van der Waals surface area contributed by atoms with Crippen molar-refractivity contribution in [3.63, 3.8) is 0 Å². The van der Waals surface area contributed by atoms with Crippen molar-refractivity contribution in [3.8, 4) is 0 Å². The molecule has 0 fully saturated rings. The highest BCUT2D eigenvalue weighted by Gasteiger charge is 2.41. The molecule has 0 aromatic heterocycles. The fraction of sp³-hybridized carbons (Fsp3) is 0.444. The molecule has 2 bridgehead atoms. The van der Waals surface area contributed by atoms with E-state index in [0.717, 1.165) is 36.8 Å². The van der Waals surface area contributed by atoms with Gasteiger partial charge in [-0.15, -0.1) is 0 Å². The first-order chi connectivity index (χ1) is 10.6. The molecule has 0 heterocycles. The highest BCUT2D eigenvalue weighted by Crippen LogP contribution is 2.49. The van der Waals surface area contributed by atoms with E-state index in [2.05, 4.69) is 19.1 Å². The largest absolute Gasteiger partial charge is 0.392 e. The summed E-state index contributed by atoms with van der Waals surface area (Å²) in [7, 11) is -3.43. The maximum absolute atomic E-state index is 13.0. The van der Waals surface area contributed by atoms with E-state index in [1.54, 1.807) is 24.3 Å². The molecule has 2 unspecified atom stereocenters. The van der Waals surface area contributed by atoms with Crippen LogP contribution in [0, 0.1) is 11.8 Å². The Balaban J connectivity index is 2.00. The molecule has 2 aliphatic rings. The highest BCUT2D eigenvalue weighted by molar-refractivity contribution is 7.95. The van der Waals surface area contributed by atoms with E-state index in [1.165, 1.54) is 0 Å². The van der Waals surface area contributed by atoms with Gasteiger partial charge in [0.25, 0.3) is 0 Å². The van der Waals surface area contributed by atoms with Crippen molar-refractivity contribution in [1.82, 2.24) is 0 Å². The van der Waals surface area contributed by atoms with Gasteiger partial charge in [-0.1, -0.05) is 37.6 Å². The van der Waals surface area contributed by atoms with Gasteiger partial charge in [0.05, 0.1) is 16.4 Å². The second-order valence-electron chi connectivity index (χ2n) is 6.13. The molecule has 2 aliphatic carbocycles. The first kappa shape index (κ1) is 15.5. The summed E-state index contributed by atoms with van der Waals surface area (Å²) in [4.78, 5) is 0.986. The standard InChI is InChI=1S/C18H22O3S/c1-2-3-4-17-14-7-8-15(11-14)18(17)22(20,21)16-9-5-13(12-19)6-10-16/h5-10,14-15,19H,2-4,11-12H2,1H3. The summed E-state index contributed by atoms with van der Waals surface area (Å²) in [6.07, 6.45) is 8.13. The SMILES string of the molecule is CCCCC1=C(S(=O)(=O)c2ccc(CO)cc2)C2C=CC1C2. The van der Waals surface area contributed by atoms with Gasteiger partial charge >= 0.3 is 0 Å². The monoisotopic (exact) mass is 318 g/mol. The second-order valence-corrected chi connectivity index (χ2v) is 8.05. The topological polar surface area (TPSA) is 54.4 Å². The van der Waals surface area contributed by atoms with Crippen molar-refractivity contribution in [2.24, 2.45) is 11.8 Å². The molecule has 1 N–H and O–H groups in total. The smallest absolute Gasteiger partial charge is 0.203 e. The zero-order valence-corrected chi connectivity index (χ0v) is 13.6. The van der Waals surface area contributed by atoms with E-state index in [1.807, 2.05) is 0 Å². The average Bonchev–Trinajstić information content (AvgIpc) is 3.14. The summed E-state index contributed by atoms with van der Waals surface area (Å²) in [6, 6.07) is 6.59. The van der Waals surface area contributed by atoms with Crippen LogP contribution in [-0.2, 0) is 16.4 Å². The van der Waals surface area contributed by atoms with Gasteiger partial charge in [-0.05, 0) is 48.4 Å². The third-order valence-electron chi connectivity index (χ3n) is 4.69. The molecular formula is C18H22O3S. The zero-order valence-electron chi connectivity index (χ0n) is 12.8. The van der Waals surface area contributed by atoms with Crippen LogP contribution >= 0.6 is 0 Å². The first-order valence-corrected chi connectivity index (χ1v) is 9.42. The predicted molar refractivity (Wildman–Crippen MR) is 86.8 cm³/mol. The van der Waals surface area contributed by atoms with Gasteiger partial charge in [-0.3, -0.25) is 0 Å². The van der Waals surface area contributed by atoms with Gasteiger partial charge in [-0.25, -0.2) is 8.42 Å². The van der Waals surface area contributed by atoms with Gasteiger partial charge in [0, 0.05) is 5.92 Å². The Morgan fingerprint density at radius 3 is 2.45 bits per heavy atom. The number of allylic oxidation sites excluding steroid dienone is 4. The number of benzene rings is 1. The maximum atomic E-state index is 13.0. The molecule has 0 radical (unpaired) electrons. The van der Waals surface area contributed by atoms with Crippen LogP contribution in [0.15, 0.2) is 51.8 Å². The lowest BCUT2D eigenvalue weighted by Gasteiger charge is -2.17. The minimum absolute atomic E-state index is 0.0550. The number of aliphatic hydroxyl groups is 1. The quantitative estimate of drug-likeness (QED) is 0.815. The first-order valence-electron chi connectivity index (χ1n) is 7.94. The molecule has 22 heavy (non-hydrogen) atoms. The maximum Gasteiger partial charge on any atom is 0.203 e. The summed E-state index contributed by atoms with van der Waals surface area (Å²) in [5, 5.41) is 9.10. The molecule has 2 atom stereocenters. The third kappa shape index (κ3) is 2.55. The Morgan fingerprint density at radius 1 is 1.14 bits per heavy atom. The van der Waals surface area contributed by atoms with Crippen molar-refractivity contribution in [2.75, 3.05) is 0 Å². The predicted octanol–water partition coefficient (Wildman–Crippen LogP) is 3.60. The number of rotatable bonds is 6. The molecule has 1 aromatic rings. The van der Waals surface area contributed by atoms with Crippen LogP contribution in [-0.4, -0.2) is 13.5 Å². The van der Waals surface area contributed by atoms with Gasteiger partial charge in [-0.2, -0.15) is 0 Å². The Hall–Kier alpha value is -1.39. The molecule has 3 rings (SSSR count). The molecule has 0 saturated carbocycles. The number of aliphatic hydroxyl groups excluding tert-OH is 1. The van der Waals surface area contributed by atoms with E-state index in [4.69, 9.17) is 5.11 Å². The third-order valence-corrected chi connectivity index (χ3v) is 6.73. The average molecular weight is 318 g/mol. The molecule has 3 nitrogen and oxygen atoms in total. The highest BCUT2D eigenvalue weighted by atomic mass is 32.2. The molecular weight excluding hydrogens is 296 g/mol. The van der Waals surface area contributed by atoms with Gasteiger partial charge in [0.2, 0.25) is 9.84 Å². The van der Waals surface area contributed by atoms with Crippen LogP contribution in [0.3, 0.4) is 0 Å². The summed E-state index contributed by atoms with van der Waals surface area (Å²) < 4.78 is 26.1. The fourth-order valence-corrected chi connectivity index (χ4v) is 5.44. The normalized spacial score (nSPS) is 23.5. The lowest BCUT2D eigenvalue weighted by Crippen LogP contribution is -2.12. The summed E-state index contributed by atoms with van der Waals surface area (Å²) >= 11 is 0. The summed E-state index contributed by atoms with van der Waals surface area (Å²) in [5.74, 6) is 0.373. The van der Waals surface area contributed by atoms with Crippen molar-refractivity contribution < 1.29 is 13.5 Å². The van der Waals surface area contributed by atoms with E-state index in [9.17, 15) is 8.42 Å². The Kier molecular flexibility index (Phi) is 4.24. The number of hydrogen-bond acceptors (Lipinski definition) is 3. The molecule has 1 aromatic carbocycles. The fourth-order valence-electron chi connectivity index (χ4n) is 3.52. The zero-order chi connectivity index (χ0) is 15.7. The lowest BCUT2D eigenvalue weighted by atomic mass is 9.98. The molecule has 0 amide bonds. The van der Waals surface area contributed by atoms with Gasteiger partial charge in [0.15, 0.2) is 0 Å². The molecule has 0 spiro atoms. The number of hydrogen-bond donors (Lipinski definition) is 1. The van der Waals surface area contributed by atoms with Crippen LogP contribution in [0.5, 0.6) is 0 Å². The minimum atomic E-state index is -3.43. The summed E-state index contributed by atoms with van der Waals surface area (Å²) in [5.41, 5.74) is 1.85. The van der Waals surface area contributed by atoms with Crippen molar-refractivity contribution in [2.45, 2.75) is 44.1 Å². The van der Waals surface area contributed by atoms with Crippen molar-refractivity contribution in [3.05, 3.63) is 52.5 Å². The van der Waals surface area contributed by atoms with E-state index in [-0.39, 0.29) is 12.5 Å². The van der Waals surface area contributed by atoms with Crippen LogP contribution in [0.25, 0.3) is 0 Å². The van der Waals surface area contributed by atoms with Crippen LogP contribution in [0.4, 0.5) is 0 Å². The Bertz CT molecular complexity index is 711. The van der Waals surface area contributed by atoms with Gasteiger partial charge in [0.1, 0.15) is 0 Å². The van der Waals surface area contributed by atoms with Crippen LogP contribution in [0.2, 0.25) is 0 Å². The van der Waals surface area contributed by atoms with Gasteiger partial charge < -0.3 is 5.11 Å². The number of unbranched alkanes of at least 4 members (excludes halogenated alkanes) is 1. The molecule has 0 aliphatic heterocycles. The number of fused-ring (bicyclic) bond motifs is 2. The molecule has 118 valence electrons. The van der Waals surface area contributed by atoms with E-state index in [0.29, 0.717) is 15.7 Å². The second kappa shape index (κ2) is 6.01. The molecule has 0 saturated heterocycles. The Morgan fingerprint density at radius 2 is 1.82 bits per heavy atom. The number of sulfone groups is 1. The minimum Gasteiger partial charge on any atom is -0.392 e. The van der Waals surface area contributed by atoms with Crippen LogP contribution in [0.1, 0.15) is 38.2 Å². The van der Waals surface area contributed by atoms with Crippen molar-refractivity contribution >= 4 is 9.84 Å². The summed E-state index contributed by atoms with van der Waals surface area (Å²) in [6.45, 7) is 2.06.